The molecule has 3 aromatic rings. The van der Waals surface area contributed by atoms with Crippen LogP contribution in [-0.2, 0) is 13.2 Å². The molecule has 0 fully saturated rings. The van der Waals surface area contributed by atoms with E-state index in [1.54, 1.807) is 24.3 Å². The molecule has 9 heteroatoms. The smallest absolute Gasteiger partial charge is 0.435 e. The molecule has 0 bridgehead atoms. The van der Waals surface area contributed by atoms with Gasteiger partial charge in [-0.1, -0.05) is 17.7 Å². The lowest BCUT2D eigenvalue weighted by molar-refractivity contribution is -0.141. The van der Waals surface area contributed by atoms with Gasteiger partial charge in [-0.3, -0.25) is 9.67 Å². The molecule has 0 radical (unpaired) electrons. The molecule has 0 aliphatic carbocycles. The molecular formula is C15H10ClF3N4O. The highest BCUT2D eigenvalue weighted by Crippen LogP contribution is 2.32. The summed E-state index contributed by atoms with van der Waals surface area (Å²) in [5, 5.41) is 3.76. The van der Waals surface area contributed by atoms with Crippen LogP contribution < -0.4 is 4.74 Å². The fourth-order valence-corrected chi connectivity index (χ4v) is 2.18. The third-order valence-corrected chi connectivity index (χ3v) is 3.39. The average Bonchev–Trinajstić information content (AvgIpc) is 2.92. The van der Waals surface area contributed by atoms with Crippen LogP contribution in [-0.4, -0.2) is 19.7 Å². The molecule has 0 unspecified atom stereocenters. The lowest BCUT2D eigenvalue weighted by Gasteiger charge is -2.07. The molecule has 5 nitrogen and oxygen atoms in total. The van der Waals surface area contributed by atoms with E-state index in [1.807, 2.05) is 0 Å². The predicted octanol–water partition coefficient (Wildman–Crippen LogP) is 4.34. The Hall–Kier alpha value is -2.61. The molecule has 124 valence electrons. The Kier molecular flexibility index (Phi) is 4.15. The van der Waals surface area contributed by atoms with Gasteiger partial charge in [0.1, 0.15) is 5.02 Å². The Morgan fingerprint density at radius 2 is 2.00 bits per heavy atom. The summed E-state index contributed by atoms with van der Waals surface area (Å²) >= 11 is 5.96. The topological polar surface area (TPSA) is 52.8 Å². The van der Waals surface area contributed by atoms with Gasteiger partial charge in [0.2, 0.25) is 5.88 Å². The fourth-order valence-electron chi connectivity index (χ4n) is 2.02. The van der Waals surface area contributed by atoms with Gasteiger partial charge in [0.25, 0.3) is 0 Å². The summed E-state index contributed by atoms with van der Waals surface area (Å²) < 4.78 is 45.0. The minimum absolute atomic E-state index is 0.190. The Morgan fingerprint density at radius 1 is 1.21 bits per heavy atom. The first-order valence-corrected chi connectivity index (χ1v) is 7.08. The minimum Gasteiger partial charge on any atom is -0.437 e. The second-order valence-electron chi connectivity index (χ2n) is 4.81. The third kappa shape index (κ3) is 3.33. The molecule has 0 aromatic carbocycles. The van der Waals surface area contributed by atoms with Crippen LogP contribution in [0.25, 0.3) is 11.4 Å². The van der Waals surface area contributed by atoms with Crippen molar-refractivity contribution < 1.29 is 17.9 Å². The van der Waals surface area contributed by atoms with Gasteiger partial charge in [-0.2, -0.15) is 18.3 Å². The monoisotopic (exact) mass is 354 g/mol. The van der Waals surface area contributed by atoms with Crippen LogP contribution in [0.15, 0.2) is 42.7 Å². The lowest BCUT2D eigenvalue weighted by Crippen LogP contribution is -2.06. The fraction of sp³-hybridized carbons (Fsp3) is 0.133. The van der Waals surface area contributed by atoms with Crippen LogP contribution in [0, 0.1) is 0 Å². The zero-order valence-electron chi connectivity index (χ0n) is 12.3. The lowest BCUT2D eigenvalue weighted by atomic mass is 10.2. The Morgan fingerprint density at radius 3 is 2.67 bits per heavy atom. The molecule has 0 saturated heterocycles. The van der Waals surface area contributed by atoms with Crippen molar-refractivity contribution in [3.63, 3.8) is 0 Å². The first-order valence-electron chi connectivity index (χ1n) is 6.70. The minimum atomic E-state index is -4.52. The number of halogens is 4. The summed E-state index contributed by atoms with van der Waals surface area (Å²) in [4.78, 5) is 8.04. The number of hydrogen-bond donors (Lipinski definition) is 0. The molecule has 0 amide bonds. The summed E-state index contributed by atoms with van der Waals surface area (Å²) in [5.74, 6) is 0.535. The van der Waals surface area contributed by atoms with Crippen molar-refractivity contribution in [2.24, 2.45) is 7.05 Å². The summed E-state index contributed by atoms with van der Waals surface area (Å²) in [6.45, 7) is 0. The molecule has 0 aliphatic rings. The molecule has 0 saturated carbocycles. The van der Waals surface area contributed by atoms with E-state index < -0.39 is 11.9 Å². The van der Waals surface area contributed by atoms with E-state index in [0.717, 1.165) is 10.7 Å². The van der Waals surface area contributed by atoms with Crippen molar-refractivity contribution >= 4 is 11.6 Å². The first-order chi connectivity index (χ1) is 11.3. The number of aromatic nitrogens is 4. The second-order valence-corrected chi connectivity index (χ2v) is 5.21. The zero-order chi connectivity index (χ0) is 17.3. The highest BCUT2D eigenvalue weighted by Gasteiger charge is 2.34. The number of ether oxygens (including phenoxy) is 1. The zero-order valence-corrected chi connectivity index (χ0v) is 13.0. The van der Waals surface area contributed by atoms with E-state index in [1.165, 1.54) is 19.4 Å². The maximum atomic E-state index is 12.8. The summed E-state index contributed by atoms with van der Waals surface area (Å²) in [6, 6.07) is 7.25. The molecule has 0 atom stereocenters. The number of nitrogens with zero attached hydrogens (tertiary/aromatic N) is 4. The van der Waals surface area contributed by atoms with Crippen molar-refractivity contribution in [1.82, 2.24) is 19.7 Å². The van der Waals surface area contributed by atoms with E-state index in [9.17, 15) is 13.2 Å². The molecule has 24 heavy (non-hydrogen) atoms. The molecule has 3 rings (SSSR count). The van der Waals surface area contributed by atoms with E-state index in [4.69, 9.17) is 16.3 Å². The molecule has 3 aromatic heterocycles. The number of pyridine rings is 2. The molecule has 0 aliphatic heterocycles. The quantitative estimate of drug-likeness (QED) is 0.702. The van der Waals surface area contributed by atoms with Gasteiger partial charge >= 0.3 is 6.18 Å². The number of rotatable bonds is 3. The van der Waals surface area contributed by atoms with Gasteiger partial charge in [0, 0.05) is 31.6 Å². The third-order valence-electron chi connectivity index (χ3n) is 3.11. The number of alkyl halides is 3. The predicted molar refractivity (Wildman–Crippen MR) is 80.8 cm³/mol. The van der Waals surface area contributed by atoms with E-state index in [2.05, 4.69) is 15.1 Å². The van der Waals surface area contributed by atoms with Gasteiger partial charge in [0.15, 0.2) is 11.4 Å². The van der Waals surface area contributed by atoms with Crippen LogP contribution in [0.2, 0.25) is 5.02 Å². The molecule has 3 heterocycles. The van der Waals surface area contributed by atoms with Crippen LogP contribution in [0.5, 0.6) is 11.6 Å². The van der Waals surface area contributed by atoms with E-state index in [0.29, 0.717) is 16.5 Å². The maximum absolute atomic E-state index is 12.8. The van der Waals surface area contributed by atoms with Crippen molar-refractivity contribution in [1.29, 1.82) is 0 Å². The van der Waals surface area contributed by atoms with Crippen molar-refractivity contribution in [2.45, 2.75) is 6.18 Å². The van der Waals surface area contributed by atoms with Crippen LogP contribution in [0.4, 0.5) is 13.2 Å². The molecular weight excluding hydrogens is 345 g/mol. The van der Waals surface area contributed by atoms with Crippen molar-refractivity contribution in [3.8, 4) is 23.0 Å². The Bertz CT molecular complexity index is 879. The van der Waals surface area contributed by atoms with Crippen molar-refractivity contribution in [3.05, 3.63) is 53.4 Å². The maximum Gasteiger partial charge on any atom is 0.435 e. The van der Waals surface area contributed by atoms with Gasteiger partial charge in [-0.25, -0.2) is 4.98 Å². The van der Waals surface area contributed by atoms with Gasteiger partial charge < -0.3 is 4.74 Å². The first kappa shape index (κ1) is 16.3. The SMILES string of the molecule is Cn1nc(C(F)(F)F)cc1-c1cccc(Oc2ccncc2Cl)n1. The van der Waals surface area contributed by atoms with E-state index in [-0.39, 0.29) is 11.6 Å². The van der Waals surface area contributed by atoms with Gasteiger partial charge in [-0.05, 0) is 12.1 Å². The van der Waals surface area contributed by atoms with E-state index >= 15 is 0 Å². The summed E-state index contributed by atoms with van der Waals surface area (Å²) in [6.07, 6.45) is -1.60. The standard InChI is InChI=1S/C15H10ClF3N4O/c1-23-11(7-13(22-23)15(17,18)19)10-3-2-4-14(21-10)24-12-5-6-20-8-9(12)16/h2-8H,1H3. The largest absolute Gasteiger partial charge is 0.437 e. The van der Waals surface area contributed by atoms with Crippen LogP contribution in [0.3, 0.4) is 0 Å². The van der Waals surface area contributed by atoms with Gasteiger partial charge in [0.05, 0.1) is 11.4 Å². The second kappa shape index (κ2) is 6.12. The molecule has 0 spiro atoms. The molecule has 0 N–H and O–H groups in total. The van der Waals surface area contributed by atoms with Crippen LogP contribution in [0.1, 0.15) is 5.69 Å². The summed E-state index contributed by atoms with van der Waals surface area (Å²) in [7, 11) is 1.42. The Balaban J connectivity index is 1.94. The van der Waals surface area contributed by atoms with Gasteiger partial charge in [-0.15, -0.1) is 0 Å². The van der Waals surface area contributed by atoms with Crippen LogP contribution >= 0.6 is 11.6 Å². The average molecular weight is 355 g/mol. The summed E-state index contributed by atoms with van der Waals surface area (Å²) in [5.41, 5.74) is -0.470. The number of hydrogen-bond acceptors (Lipinski definition) is 4. The highest BCUT2D eigenvalue weighted by molar-refractivity contribution is 6.31. The Labute approximate surface area is 139 Å². The van der Waals surface area contributed by atoms with Crippen molar-refractivity contribution in [2.75, 3.05) is 0 Å². The highest BCUT2D eigenvalue weighted by atomic mass is 35.5. The normalized spacial score (nSPS) is 11.5. The number of aryl methyl sites for hydroxylation is 1.